The zero-order valence-electron chi connectivity index (χ0n) is 27.0. The van der Waals surface area contributed by atoms with Crippen molar-refractivity contribution in [3.05, 3.63) is 154 Å². The van der Waals surface area contributed by atoms with Crippen LogP contribution in [-0.4, -0.2) is 56.2 Å². The summed E-state index contributed by atoms with van der Waals surface area (Å²) in [6.45, 7) is 1.37. The number of esters is 1. The summed E-state index contributed by atoms with van der Waals surface area (Å²) in [6, 6.07) is 38.2. The third-order valence-corrected chi connectivity index (χ3v) is 8.10. The maximum atomic E-state index is 12.7. The molecular weight excluding hydrogens is 610 g/mol. The number of hydrogen-bond acceptors (Lipinski definition) is 8. The van der Waals surface area contributed by atoms with E-state index in [9.17, 15) is 10.3 Å². The van der Waals surface area contributed by atoms with Gasteiger partial charge in [0.1, 0.15) is 30.5 Å². The molecule has 0 aliphatic carbocycles. The average Bonchev–Trinajstić information content (AvgIpc) is 3.14. The van der Waals surface area contributed by atoms with Gasteiger partial charge >= 0.3 is 5.97 Å². The first-order valence-electron chi connectivity index (χ1n) is 16.0. The first kappa shape index (κ1) is 34.8. The number of benzene rings is 4. The third-order valence-electron chi connectivity index (χ3n) is 8.10. The molecule has 5 rings (SSSR count). The standard InChI is InChI=1S/C38H41N3O7/c1-43-38(42)32(40-41-39)22-33-35(45-24-29-16-8-3-9-17-29)37(47-26-31-20-12-5-13-21-31)36(46-25-30-18-10-4-11-19-30)34(48-33)27-44-23-28-14-6-2-7-15-28/h2-21,32-37H,22-27H2,1H3/t32-,33-,34+,35-,36-,37+/m0/s1. The van der Waals surface area contributed by atoms with Crippen LogP contribution in [0.4, 0.5) is 0 Å². The van der Waals surface area contributed by atoms with Gasteiger partial charge in [0.15, 0.2) is 0 Å². The first-order chi connectivity index (χ1) is 23.6. The summed E-state index contributed by atoms with van der Waals surface area (Å²) in [4.78, 5) is 15.6. The lowest BCUT2D eigenvalue weighted by atomic mass is 9.90. The van der Waals surface area contributed by atoms with Crippen LogP contribution < -0.4 is 0 Å². The Morgan fingerprint density at radius 2 is 1.08 bits per heavy atom. The van der Waals surface area contributed by atoms with Crippen molar-refractivity contribution in [1.29, 1.82) is 0 Å². The summed E-state index contributed by atoms with van der Waals surface area (Å²) in [5, 5.41) is 3.75. The van der Waals surface area contributed by atoms with Gasteiger partial charge in [-0.15, -0.1) is 0 Å². The van der Waals surface area contributed by atoms with Gasteiger partial charge < -0.3 is 28.4 Å². The fourth-order valence-corrected chi connectivity index (χ4v) is 5.68. The van der Waals surface area contributed by atoms with E-state index < -0.39 is 42.5 Å². The fourth-order valence-electron chi connectivity index (χ4n) is 5.68. The minimum Gasteiger partial charge on any atom is -0.469 e. The summed E-state index contributed by atoms with van der Waals surface area (Å²) in [6.07, 6.45) is -3.37. The lowest BCUT2D eigenvalue weighted by Gasteiger charge is -2.46. The highest BCUT2D eigenvalue weighted by molar-refractivity contribution is 5.75. The maximum absolute atomic E-state index is 12.7. The topological polar surface area (TPSA) is 121 Å². The summed E-state index contributed by atoms with van der Waals surface area (Å²) in [5.74, 6) is -0.667. The molecule has 1 fully saturated rings. The minimum atomic E-state index is -1.14. The van der Waals surface area contributed by atoms with Crippen molar-refractivity contribution >= 4 is 5.97 Å². The Bertz CT molecular complexity index is 1560. The zero-order valence-corrected chi connectivity index (χ0v) is 27.0. The highest BCUT2D eigenvalue weighted by atomic mass is 16.6. The van der Waals surface area contributed by atoms with Gasteiger partial charge in [0.25, 0.3) is 0 Å². The van der Waals surface area contributed by atoms with E-state index in [0.717, 1.165) is 22.3 Å². The molecule has 0 N–H and O–H groups in total. The van der Waals surface area contributed by atoms with E-state index in [1.54, 1.807) is 0 Å². The van der Waals surface area contributed by atoms with Crippen LogP contribution in [0.15, 0.2) is 126 Å². The lowest BCUT2D eigenvalue weighted by Crippen LogP contribution is -2.61. The summed E-state index contributed by atoms with van der Waals surface area (Å²) < 4.78 is 37.9. The van der Waals surface area contributed by atoms with E-state index in [-0.39, 0.29) is 26.2 Å². The molecule has 1 aliphatic heterocycles. The van der Waals surface area contributed by atoms with Crippen LogP contribution >= 0.6 is 0 Å². The smallest absolute Gasteiger partial charge is 0.314 e. The second kappa shape index (κ2) is 18.7. The second-order valence-electron chi connectivity index (χ2n) is 11.5. The quantitative estimate of drug-likeness (QED) is 0.0523. The Morgan fingerprint density at radius 3 is 1.52 bits per heavy atom. The molecule has 48 heavy (non-hydrogen) atoms. The maximum Gasteiger partial charge on any atom is 0.314 e. The number of rotatable bonds is 17. The normalized spacial score (nSPS) is 21.1. The monoisotopic (exact) mass is 651 g/mol. The van der Waals surface area contributed by atoms with Gasteiger partial charge in [-0.2, -0.15) is 0 Å². The van der Waals surface area contributed by atoms with Crippen molar-refractivity contribution < 1.29 is 33.2 Å². The Kier molecular flexibility index (Phi) is 13.6. The third kappa shape index (κ3) is 10.2. The predicted molar refractivity (Wildman–Crippen MR) is 179 cm³/mol. The van der Waals surface area contributed by atoms with E-state index in [1.807, 2.05) is 121 Å². The molecule has 0 spiro atoms. The molecule has 0 amide bonds. The molecule has 10 nitrogen and oxygen atoms in total. The van der Waals surface area contributed by atoms with Gasteiger partial charge in [-0.1, -0.05) is 126 Å². The van der Waals surface area contributed by atoms with Gasteiger partial charge in [-0.25, -0.2) is 0 Å². The van der Waals surface area contributed by atoms with Crippen molar-refractivity contribution in [3.63, 3.8) is 0 Å². The molecule has 250 valence electrons. The van der Waals surface area contributed by atoms with Crippen molar-refractivity contribution in [2.75, 3.05) is 13.7 Å². The first-order valence-corrected chi connectivity index (χ1v) is 16.0. The van der Waals surface area contributed by atoms with E-state index in [0.29, 0.717) is 13.2 Å². The largest absolute Gasteiger partial charge is 0.469 e. The Balaban J connectivity index is 1.49. The summed E-state index contributed by atoms with van der Waals surface area (Å²) >= 11 is 0. The number of ether oxygens (including phenoxy) is 6. The van der Waals surface area contributed by atoms with Gasteiger partial charge in [0.05, 0.1) is 46.2 Å². The van der Waals surface area contributed by atoms with Crippen LogP contribution in [0.25, 0.3) is 10.4 Å². The van der Waals surface area contributed by atoms with E-state index >= 15 is 0 Å². The molecule has 0 bridgehead atoms. The SMILES string of the molecule is COC(=O)[C@H](C[C@@H]1O[C@H](COCc2ccccc2)[C@H](OCc2ccccc2)[C@H](OCc2ccccc2)[C@H]1OCc1ccccc1)N=[N+]=[N-]. The number of azide groups is 1. The number of carbonyl (C=O) groups is 1. The van der Waals surface area contributed by atoms with Gasteiger partial charge in [-0.05, 0) is 34.2 Å². The number of nitrogens with zero attached hydrogens (tertiary/aromatic N) is 3. The van der Waals surface area contributed by atoms with Gasteiger partial charge in [0, 0.05) is 4.91 Å². The highest BCUT2D eigenvalue weighted by Crippen LogP contribution is 2.33. The highest BCUT2D eigenvalue weighted by Gasteiger charge is 2.49. The van der Waals surface area contributed by atoms with Crippen molar-refractivity contribution in [2.24, 2.45) is 5.11 Å². The Hall–Kier alpha value is -4.54. The Morgan fingerprint density at radius 1 is 0.667 bits per heavy atom. The van der Waals surface area contributed by atoms with Crippen molar-refractivity contribution in [2.45, 2.75) is 69.4 Å². The van der Waals surface area contributed by atoms with Crippen LogP contribution in [0.1, 0.15) is 28.7 Å². The zero-order chi connectivity index (χ0) is 33.4. The second-order valence-corrected chi connectivity index (χ2v) is 11.5. The van der Waals surface area contributed by atoms with Crippen molar-refractivity contribution in [3.8, 4) is 0 Å². The van der Waals surface area contributed by atoms with Gasteiger partial charge in [-0.3, -0.25) is 4.79 Å². The molecule has 0 radical (unpaired) electrons. The molecule has 1 heterocycles. The lowest BCUT2D eigenvalue weighted by molar-refractivity contribution is -0.274. The number of methoxy groups -OCH3 is 1. The molecule has 4 aromatic carbocycles. The summed E-state index contributed by atoms with van der Waals surface area (Å²) in [7, 11) is 1.26. The van der Waals surface area contributed by atoms with E-state index in [1.165, 1.54) is 7.11 Å². The molecular formula is C38H41N3O7. The van der Waals surface area contributed by atoms with E-state index in [4.69, 9.17) is 28.4 Å². The Labute approximate surface area is 281 Å². The van der Waals surface area contributed by atoms with Gasteiger partial charge in [0.2, 0.25) is 0 Å². The van der Waals surface area contributed by atoms with Crippen LogP contribution in [-0.2, 0) is 59.6 Å². The average molecular weight is 652 g/mol. The number of carbonyl (C=O) groups excluding carboxylic acids is 1. The summed E-state index contributed by atoms with van der Waals surface area (Å²) in [5.41, 5.74) is 13.2. The molecule has 0 saturated carbocycles. The molecule has 4 aromatic rings. The molecule has 10 heteroatoms. The van der Waals surface area contributed by atoms with Crippen LogP contribution in [0.5, 0.6) is 0 Å². The van der Waals surface area contributed by atoms with Crippen LogP contribution in [0.3, 0.4) is 0 Å². The molecule has 0 aromatic heterocycles. The van der Waals surface area contributed by atoms with Crippen molar-refractivity contribution in [1.82, 2.24) is 0 Å². The minimum absolute atomic E-state index is 0.00196. The molecule has 6 atom stereocenters. The fraction of sp³-hybridized carbons (Fsp3) is 0.342. The molecule has 1 aliphatic rings. The van der Waals surface area contributed by atoms with Crippen LogP contribution in [0.2, 0.25) is 0 Å². The predicted octanol–water partition coefficient (Wildman–Crippen LogP) is 6.97. The number of hydrogen-bond donors (Lipinski definition) is 0. The molecule has 0 unspecified atom stereocenters. The molecule has 1 saturated heterocycles. The van der Waals surface area contributed by atoms with E-state index in [2.05, 4.69) is 10.0 Å². The van der Waals surface area contributed by atoms with Crippen LogP contribution in [0, 0.1) is 0 Å².